The second-order valence-electron chi connectivity index (χ2n) is 8.73. The van der Waals surface area contributed by atoms with E-state index < -0.39 is 6.10 Å². The highest BCUT2D eigenvalue weighted by Gasteiger charge is 2.38. The Morgan fingerprint density at radius 3 is 2.45 bits per heavy atom. The molecule has 2 aromatic rings. The average Bonchev–Trinajstić information content (AvgIpc) is 2.79. The van der Waals surface area contributed by atoms with Crippen molar-refractivity contribution in [3.8, 4) is 0 Å². The van der Waals surface area contributed by atoms with E-state index >= 15 is 0 Å². The van der Waals surface area contributed by atoms with Crippen LogP contribution in [0.3, 0.4) is 0 Å². The molecule has 2 aliphatic heterocycles. The maximum atomic E-state index is 14.3. The predicted octanol–water partition coefficient (Wildman–Crippen LogP) is 2.78. The van der Waals surface area contributed by atoms with Crippen LogP contribution in [0.5, 0.6) is 0 Å². The van der Waals surface area contributed by atoms with Crippen LogP contribution in [0, 0.1) is 11.6 Å². The lowest BCUT2D eigenvalue weighted by molar-refractivity contribution is -0.158. The van der Waals surface area contributed by atoms with Crippen LogP contribution in [-0.4, -0.2) is 60.0 Å². The van der Waals surface area contributed by atoms with Gasteiger partial charge in [0, 0.05) is 36.8 Å². The highest BCUT2D eigenvalue weighted by Crippen LogP contribution is 2.29. The lowest BCUT2D eigenvalue weighted by Crippen LogP contribution is -2.55. The summed E-state index contributed by atoms with van der Waals surface area (Å²) in [5.41, 5.74) is 1.01. The van der Waals surface area contributed by atoms with Crippen molar-refractivity contribution in [3.05, 3.63) is 71.3 Å². The van der Waals surface area contributed by atoms with Crippen molar-refractivity contribution in [3.63, 3.8) is 0 Å². The molecule has 2 aliphatic rings. The molecule has 4 atom stereocenters. The number of aliphatic hydroxyl groups is 1. The summed E-state index contributed by atoms with van der Waals surface area (Å²) in [6.07, 6.45) is 0.323. The summed E-state index contributed by atoms with van der Waals surface area (Å²) >= 11 is 0. The number of nitrogens with zero attached hydrogens (tertiary/aromatic N) is 1. The van der Waals surface area contributed by atoms with Gasteiger partial charge in [-0.05, 0) is 25.0 Å². The molecule has 0 radical (unpaired) electrons. The molecule has 2 saturated heterocycles. The minimum Gasteiger partial charge on any atom is -0.389 e. The smallest absolute Gasteiger partial charge is 0.222 e. The number of fused-ring (bicyclic) bond motifs is 1. The Bertz CT molecular complexity index is 944. The van der Waals surface area contributed by atoms with E-state index in [2.05, 4.69) is 10.2 Å². The maximum absolute atomic E-state index is 14.3. The summed E-state index contributed by atoms with van der Waals surface area (Å²) in [6, 6.07) is 12.9. The second kappa shape index (κ2) is 11.2. The fourth-order valence-electron chi connectivity index (χ4n) is 4.59. The Kier molecular flexibility index (Phi) is 8.03. The topological polar surface area (TPSA) is 71.0 Å². The fraction of sp³-hybridized carbons (Fsp3) is 0.480. The van der Waals surface area contributed by atoms with Crippen molar-refractivity contribution in [1.29, 1.82) is 0 Å². The minimum atomic E-state index is -0.667. The van der Waals surface area contributed by atoms with Crippen molar-refractivity contribution in [2.24, 2.45) is 0 Å². The number of rotatable bonds is 6. The van der Waals surface area contributed by atoms with Crippen LogP contribution in [0.2, 0.25) is 0 Å². The molecule has 33 heavy (non-hydrogen) atoms. The summed E-state index contributed by atoms with van der Waals surface area (Å²) in [4.78, 5) is 14.5. The van der Waals surface area contributed by atoms with Crippen LogP contribution >= 0.6 is 0 Å². The van der Waals surface area contributed by atoms with Gasteiger partial charge in [0.1, 0.15) is 11.6 Å². The molecule has 0 bridgehead atoms. The van der Waals surface area contributed by atoms with Crippen LogP contribution in [0.25, 0.3) is 0 Å². The van der Waals surface area contributed by atoms with Gasteiger partial charge in [-0.3, -0.25) is 9.69 Å². The molecular weight excluding hydrogens is 430 g/mol. The second-order valence-corrected chi connectivity index (χ2v) is 8.73. The summed E-state index contributed by atoms with van der Waals surface area (Å²) < 4.78 is 39.9. The summed E-state index contributed by atoms with van der Waals surface area (Å²) in [5.74, 6) is -0.826. The van der Waals surface area contributed by atoms with Gasteiger partial charge in [-0.2, -0.15) is 0 Å². The summed E-state index contributed by atoms with van der Waals surface area (Å²) in [6.45, 7) is 1.31. The number of β-amino-alcohol motifs (C(OH)–C–C–N with tert-alkyl or cyclic N) is 1. The van der Waals surface area contributed by atoms with Crippen molar-refractivity contribution < 1.29 is 28.2 Å². The Hall–Kier alpha value is -2.39. The van der Waals surface area contributed by atoms with Gasteiger partial charge in [0.15, 0.2) is 0 Å². The SMILES string of the molecule is O=C(C[C@H]1CC[C@@H]2[C@H](COC[C@@H](O)CN2Cc2ccccc2F)O1)NCc1ccccc1F. The first kappa shape index (κ1) is 23.8. The van der Waals surface area contributed by atoms with Crippen LogP contribution in [0.1, 0.15) is 30.4 Å². The number of aliphatic hydroxyl groups excluding tert-OH is 1. The van der Waals surface area contributed by atoms with Crippen molar-refractivity contribution in [1.82, 2.24) is 10.2 Å². The molecular formula is C25H30F2N2O4. The maximum Gasteiger partial charge on any atom is 0.222 e. The monoisotopic (exact) mass is 460 g/mol. The van der Waals surface area contributed by atoms with Gasteiger partial charge in [-0.15, -0.1) is 0 Å². The summed E-state index contributed by atoms with van der Waals surface area (Å²) in [5, 5.41) is 13.0. The third kappa shape index (κ3) is 6.35. The van der Waals surface area contributed by atoms with Crippen molar-refractivity contribution in [2.75, 3.05) is 19.8 Å². The van der Waals surface area contributed by atoms with E-state index in [1.807, 2.05) is 0 Å². The number of carbonyl (C=O) groups excluding carboxylic acids is 1. The number of benzene rings is 2. The molecule has 2 N–H and O–H groups in total. The highest BCUT2D eigenvalue weighted by molar-refractivity contribution is 5.76. The van der Waals surface area contributed by atoms with E-state index in [0.717, 1.165) is 6.42 Å². The number of hydrogen-bond donors (Lipinski definition) is 2. The minimum absolute atomic E-state index is 0.0581. The van der Waals surface area contributed by atoms with E-state index in [1.54, 1.807) is 36.4 Å². The predicted molar refractivity (Wildman–Crippen MR) is 118 cm³/mol. The summed E-state index contributed by atoms with van der Waals surface area (Å²) in [7, 11) is 0. The molecule has 2 aromatic carbocycles. The number of halogens is 2. The van der Waals surface area contributed by atoms with Gasteiger partial charge in [0.05, 0.1) is 37.9 Å². The number of nitrogens with one attached hydrogen (secondary N) is 1. The zero-order chi connectivity index (χ0) is 23.2. The first-order valence-corrected chi connectivity index (χ1v) is 11.4. The van der Waals surface area contributed by atoms with E-state index in [9.17, 15) is 18.7 Å². The Labute approximate surface area is 192 Å². The molecule has 2 fully saturated rings. The number of amides is 1. The van der Waals surface area contributed by atoms with E-state index in [-0.39, 0.29) is 55.4 Å². The molecule has 0 aliphatic carbocycles. The zero-order valence-electron chi connectivity index (χ0n) is 18.5. The molecule has 0 spiro atoms. The van der Waals surface area contributed by atoms with E-state index in [1.165, 1.54) is 12.1 Å². The lowest BCUT2D eigenvalue weighted by Gasteiger charge is -2.44. The Morgan fingerprint density at radius 2 is 1.73 bits per heavy atom. The molecule has 0 saturated carbocycles. The van der Waals surface area contributed by atoms with Gasteiger partial charge in [0.2, 0.25) is 5.91 Å². The van der Waals surface area contributed by atoms with Crippen LogP contribution < -0.4 is 5.32 Å². The largest absolute Gasteiger partial charge is 0.389 e. The van der Waals surface area contributed by atoms with Gasteiger partial charge < -0.3 is 19.9 Å². The number of carbonyl (C=O) groups is 1. The molecule has 0 unspecified atom stereocenters. The third-order valence-electron chi connectivity index (χ3n) is 6.27. The van der Waals surface area contributed by atoms with Crippen LogP contribution in [0.4, 0.5) is 8.78 Å². The average molecular weight is 461 g/mol. The molecule has 8 heteroatoms. The van der Waals surface area contributed by atoms with Gasteiger partial charge in [-0.25, -0.2) is 8.78 Å². The Balaban J connectivity index is 1.36. The quantitative estimate of drug-likeness (QED) is 0.694. The molecule has 6 nitrogen and oxygen atoms in total. The molecule has 4 rings (SSSR count). The van der Waals surface area contributed by atoms with Gasteiger partial charge in [-0.1, -0.05) is 36.4 Å². The van der Waals surface area contributed by atoms with Crippen molar-refractivity contribution >= 4 is 5.91 Å². The highest BCUT2D eigenvalue weighted by atomic mass is 19.1. The number of hydrogen-bond acceptors (Lipinski definition) is 5. The third-order valence-corrected chi connectivity index (χ3v) is 6.27. The first-order valence-electron chi connectivity index (χ1n) is 11.4. The molecule has 2 heterocycles. The van der Waals surface area contributed by atoms with Crippen LogP contribution in [-0.2, 0) is 27.4 Å². The standard InChI is InChI=1S/C25H30F2N2O4/c26-21-7-3-1-5-17(21)12-28-25(31)11-20-9-10-23-24(33-20)16-32-15-19(30)14-29(23)13-18-6-2-4-8-22(18)27/h1-8,19-20,23-24,30H,9-16H2,(H,28,31)/t19-,20+,23+,24-/m0/s1. The van der Waals surface area contributed by atoms with Crippen molar-refractivity contribution in [2.45, 2.75) is 56.7 Å². The molecule has 178 valence electrons. The normalized spacial score (nSPS) is 26.2. The van der Waals surface area contributed by atoms with Gasteiger partial charge >= 0.3 is 0 Å². The van der Waals surface area contributed by atoms with Crippen LogP contribution in [0.15, 0.2) is 48.5 Å². The first-order chi connectivity index (χ1) is 16.0. The number of ether oxygens (including phenoxy) is 2. The Morgan fingerprint density at radius 1 is 1.03 bits per heavy atom. The zero-order valence-corrected chi connectivity index (χ0v) is 18.5. The lowest BCUT2D eigenvalue weighted by atomic mass is 9.94. The fourth-order valence-corrected chi connectivity index (χ4v) is 4.59. The van der Waals surface area contributed by atoms with E-state index in [4.69, 9.17) is 9.47 Å². The van der Waals surface area contributed by atoms with Gasteiger partial charge in [0.25, 0.3) is 0 Å². The van der Waals surface area contributed by atoms with E-state index in [0.29, 0.717) is 37.2 Å². The molecule has 0 aromatic heterocycles. The molecule has 1 amide bonds.